The molecule has 0 aromatic heterocycles. The summed E-state index contributed by atoms with van der Waals surface area (Å²) in [7, 11) is 0. The third-order valence-corrected chi connectivity index (χ3v) is 5.08. The lowest BCUT2D eigenvalue weighted by atomic mass is 9.93. The quantitative estimate of drug-likeness (QED) is 0.873. The molecule has 1 saturated carbocycles. The Morgan fingerprint density at radius 1 is 1.36 bits per heavy atom. The Hall–Kier alpha value is -1.13. The van der Waals surface area contributed by atoms with Gasteiger partial charge in [0.2, 0.25) is 5.91 Å². The summed E-state index contributed by atoms with van der Waals surface area (Å²) in [4.78, 5) is 12.0. The molecule has 2 atom stereocenters. The maximum Gasteiger partial charge on any atom is 0.220 e. The smallest absolute Gasteiger partial charge is 0.220 e. The lowest BCUT2D eigenvalue weighted by molar-refractivity contribution is -0.121. The molecule has 1 amide bonds. The van der Waals surface area contributed by atoms with Crippen LogP contribution in [0.15, 0.2) is 18.2 Å². The van der Waals surface area contributed by atoms with Crippen LogP contribution in [0.4, 0.5) is 4.39 Å². The zero-order valence-corrected chi connectivity index (χ0v) is 13.3. The van der Waals surface area contributed by atoms with Crippen LogP contribution in [0.2, 0.25) is 5.02 Å². The molecular formula is C17H22ClFN2O. The van der Waals surface area contributed by atoms with E-state index in [9.17, 15) is 9.18 Å². The van der Waals surface area contributed by atoms with Crippen molar-refractivity contribution >= 4 is 17.5 Å². The summed E-state index contributed by atoms with van der Waals surface area (Å²) >= 11 is 6.07. The summed E-state index contributed by atoms with van der Waals surface area (Å²) in [5.74, 6) is 0.488. The lowest BCUT2D eigenvalue weighted by Crippen LogP contribution is -2.30. The summed E-state index contributed by atoms with van der Waals surface area (Å²) in [6.45, 7) is 2.12. The predicted octanol–water partition coefficient (Wildman–Crippen LogP) is 3.23. The fraction of sp³-hybridized carbons (Fsp3) is 0.588. The fourth-order valence-corrected chi connectivity index (χ4v) is 3.63. The van der Waals surface area contributed by atoms with Gasteiger partial charge in [0, 0.05) is 29.0 Å². The van der Waals surface area contributed by atoms with Crippen LogP contribution in [0.25, 0.3) is 0 Å². The van der Waals surface area contributed by atoms with Crippen LogP contribution in [0, 0.1) is 11.7 Å². The van der Waals surface area contributed by atoms with E-state index in [2.05, 4.69) is 10.6 Å². The molecule has 0 bridgehead atoms. The topological polar surface area (TPSA) is 41.1 Å². The van der Waals surface area contributed by atoms with Crippen LogP contribution in [0.5, 0.6) is 0 Å². The van der Waals surface area contributed by atoms with Gasteiger partial charge in [-0.1, -0.05) is 17.7 Å². The second-order valence-corrected chi connectivity index (χ2v) is 6.79. The Morgan fingerprint density at radius 3 is 2.86 bits per heavy atom. The minimum atomic E-state index is -0.274. The van der Waals surface area contributed by atoms with E-state index < -0.39 is 0 Å². The van der Waals surface area contributed by atoms with Crippen molar-refractivity contribution in [2.45, 2.75) is 44.1 Å². The molecule has 1 aliphatic carbocycles. The number of nitrogens with one attached hydrogen (secondary N) is 2. The van der Waals surface area contributed by atoms with E-state index in [0.29, 0.717) is 22.9 Å². The SMILES string of the molecule is O=C(CCC1CCNCC1)NC1CC1c1c(F)cccc1Cl. The Labute approximate surface area is 135 Å². The monoisotopic (exact) mass is 324 g/mol. The molecule has 2 aliphatic rings. The standard InChI is InChI=1S/C17H22ClFN2O/c18-13-2-1-3-14(19)17(13)12-10-15(12)21-16(22)5-4-11-6-8-20-9-7-11/h1-3,11-12,15,20H,4-10H2,(H,21,22). The van der Waals surface area contributed by atoms with E-state index in [1.165, 1.54) is 6.07 Å². The molecule has 1 heterocycles. The fourth-order valence-electron chi connectivity index (χ4n) is 3.32. The first-order valence-electron chi connectivity index (χ1n) is 8.09. The highest BCUT2D eigenvalue weighted by Crippen LogP contribution is 2.44. The van der Waals surface area contributed by atoms with Crippen LogP contribution in [-0.4, -0.2) is 25.0 Å². The molecule has 3 nitrogen and oxygen atoms in total. The Kier molecular flexibility index (Phi) is 4.99. The first-order valence-corrected chi connectivity index (χ1v) is 8.47. The molecule has 1 aromatic carbocycles. The summed E-state index contributed by atoms with van der Waals surface area (Å²) in [6, 6.07) is 4.77. The number of carbonyl (C=O) groups is 1. The van der Waals surface area contributed by atoms with Gasteiger partial charge in [-0.3, -0.25) is 4.79 Å². The van der Waals surface area contributed by atoms with Gasteiger partial charge in [0.05, 0.1) is 0 Å². The van der Waals surface area contributed by atoms with Crippen molar-refractivity contribution in [3.05, 3.63) is 34.6 Å². The first-order chi connectivity index (χ1) is 10.6. The Balaban J connectivity index is 1.46. The maximum absolute atomic E-state index is 13.8. The number of hydrogen-bond donors (Lipinski definition) is 2. The largest absolute Gasteiger partial charge is 0.353 e. The second kappa shape index (κ2) is 6.97. The highest BCUT2D eigenvalue weighted by Gasteiger charge is 2.42. The van der Waals surface area contributed by atoms with Gasteiger partial charge in [0.25, 0.3) is 0 Å². The van der Waals surface area contributed by atoms with Gasteiger partial charge in [-0.15, -0.1) is 0 Å². The van der Waals surface area contributed by atoms with Crippen LogP contribution in [-0.2, 0) is 4.79 Å². The number of halogens is 2. The highest BCUT2D eigenvalue weighted by atomic mass is 35.5. The maximum atomic E-state index is 13.8. The number of hydrogen-bond acceptors (Lipinski definition) is 2. The van der Waals surface area contributed by atoms with E-state index in [1.54, 1.807) is 12.1 Å². The number of benzene rings is 1. The molecule has 1 aromatic rings. The third kappa shape index (κ3) is 3.79. The van der Waals surface area contributed by atoms with Crippen molar-refractivity contribution in [1.29, 1.82) is 0 Å². The Bertz CT molecular complexity index is 525. The van der Waals surface area contributed by atoms with E-state index >= 15 is 0 Å². The minimum Gasteiger partial charge on any atom is -0.353 e. The second-order valence-electron chi connectivity index (χ2n) is 6.38. The lowest BCUT2D eigenvalue weighted by Gasteiger charge is -2.22. The molecule has 1 aliphatic heterocycles. The van der Waals surface area contributed by atoms with E-state index in [4.69, 9.17) is 11.6 Å². The van der Waals surface area contributed by atoms with Gasteiger partial charge in [-0.2, -0.15) is 0 Å². The third-order valence-electron chi connectivity index (χ3n) is 4.75. The highest BCUT2D eigenvalue weighted by molar-refractivity contribution is 6.31. The molecule has 120 valence electrons. The van der Waals surface area contributed by atoms with Crippen LogP contribution in [0.1, 0.15) is 43.6 Å². The summed E-state index contributed by atoms with van der Waals surface area (Å²) in [5.41, 5.74) is 0.549. The van der Waals surface area contributed by atoms with Crippen molar-refractivity contribution < 1.29 is 9.18 Å². The van der Waals surface area contributed by atoms with E-state index in [0.717, 1.165) is 38.8 Å². The summed E-state index contributed by atoms with van der Waals surface area (Å²) in [6.07, 6.45) is 4.61. The minimum absolute atomic E-state index is 0.0246. The number of rotatable bonds is 5. The molecule has 0 spiro atoms. The number of amides is 1. The molecule has 5 heteroatoms. The van der Waals surface area contributed by atoms with Gasteiger partial charge in [-0.05, 0) is 56.8 Å². The van der Waals surface area contributed by atoms with Gasteiger partial charge >= 0.3 is 0 Å². The van der Waals surface area contributed by atoms with Gasteiger partial charge in [0.1, 0.15) is 5.82 Å². The van der Waals surface area contributed by atoms with Gasteiger partial charge in [-0.25, -0.2) is 4.39 Å². The van der Waals surface area contributed by atoms with Crippen LogP contribution >= 0.6 is 11.6 Å². The summed E-state index contributed by atoms with van der Waals surface area (Å²) < 4.78 is 13.8. The molecule has 2 fully saturated rings. The first kappa shape index (κ1) is 15.8. The van der Waals surface area contributed by atoms with E-state index in [-0.39, 0.29) is 23.7 Å². The molecule has 2 unspecified atom stereocenters. The molecule has 1 saturated heterocycles. The molecular weight excluding hydrogens is 303 g/mol. The summed E-state index contributed by atoms with van der Waals surface area (Å²) in [5, 5.41) is 6.80. The van der Waals surface area contributed by atoms with Crippen molar-refractivity contribution in [3.8, 4) is 0 Å². The van der Waals surface area contributed by atoms with Crippen LogP contribution < -0.4 is 10.6 Å². The zero-order valence-electron chi connectivity index (χ0n) is 12.6. The van der Waals surface area contributed by atoms with Crippen molar-refractivity contribution in [1.82, 2.24) is 10.6 Å². The zero-order chi connectivity index (χ0) is 15.5. The average Bonchev–Trinajstić information content (AvgIpc) is 3.25. The molecule has 3 rings (SSSR count). The van der Waals surface area contributed by atoms with E-state index in [1.807, 2.05) is 0 Å². The average molecular weight is 325 g/mol. The molecule has 0 radical (unpaired) electrons. The van der Waals surface area contributed by atoms with Crippen molar-refractivity contribution in [2.24, 2.45) is 5.92 Å². The van der Waals surface area contributed by atoms with Crippen molar-refractivity contribution in [3.63, 3.8) is 0 Å². The molecule has 2 N–H and O–H groups in total. The van der Waals surface area contributed by atoms with Crippen LogP contribution in [0.3, 0.4) is 0 Å². The van der Waals surface area contributed by atoms with Gasteiger partial charge < -0.3 is 10.6 Å². The Morgan fingerprint density at radius 2 is 2.14 bits per heavy atom. The normalized spacial score (nSPS) is 25.0. The number of carbonyl (C=O) groups excluding carboxylic acids is 1. The van der Waals surface area contributed by atoms with Gasteiger partial charge in [0.15, 0.2) is 0 Å². The van der Waals surface area contributed by atoms with Crippen molar-refractivity contribution in [2.75, 3.05) is 13.1 Å². The number of piperidine rings is 1. The molecule has 22 heavy (non-hydrogen) atoms. The predicted molar refractivity (Wildman–Crippen MR) is 85.5 cm³/mol.